The predicted molar refractivity (Wildman–Crippen MR) is 71.2 cm³/mol. The van der Waals surface area contributed by atoms with Crippen LogP contribution in [-0.4, -0.2) is 10.9 Å². The lowest BCUT2D eigenvalue weighted by Gasteiger charge is -2.06. The number of pyridine rings is 1. The molecular weight excluding hydrogens is 267 g/mol. The summed E-state index contributed by atoms with van der Waals surface area (Å²) in [5, 5.41) is 3.00. The van der Waals surface area contributed by atoms with Gasteiger partial charge in [-0.15, -0.1) is 0 Å². The maximum Gasteiger partial charge on any atom is 0.224 e. The van der Waals surface area contributed by atoms with Crippen molar-refractivity contribution >= 4 is 17.5 Å². The fourth-order valence-corrected chi connectivity index (χ4v) is 1.75. The summed E-state index contributed by atoms with van der Waals surface area (Å²) in [6.07, 6.45) is 1.64. The molecule has 0 atom stereocenters. The highest BCUT2D eigenvalue weighted by atomic mass is 35.5. The number of hydrogen-bond acceptors (Lipinski definition) is 2. The van der Waals surface area contributed by atoms with E-state index in [0.717, 1.165) is 5.69 Å². The molecule has 0 radical (unpaired) electrons. The Bertz CT molecular complexity index is 575. The highest BCUT2D eigenvalue weighted by molar-refractivity contribution is 6.30. The Labute approximate surface area is 115 Å². The Hall–Kier alpha value is -1.94. The lowest BCUT2D eigenvalue weighted by atomic mass is 10.1. The van der Waals surface area contributed by atoms with Crippen LogP contribution in [0.3, 0.4) is 0 Å². The molecule has 0 saturated carbocycles. The number of amides is 1. The summed E-state index contributed by atoms with van der Waals surface area (Å²) in [5.74, 6) is -0.729. The fraction of sp³-hybridized carbons (Fsp3) is 0.143. The minimum atomic E-state index is -0.472. The average molecular weight is 279 g/mol. The number of nitrogens with one attached hydrogen (secondary N) is 1. The Kier molecular flexibility index (Phi) is 4.47. The van der Waals surface area contributed by atoms with Gasteiger partial charge in [-0.05, 0) is 29.8 Å². The third kappa shape index (κ3) is 4.03. The van der Waals surface area contributed by atoms with Crippen LogP contribution in [0, 0.1) is 5.82 Å². The summed E-state index contributed by atoms with van der Waals surface area (Å²) in [7, 11) is 0. The van der Waals surface area contributed by atoms with Crippen molar-refractivity contribution in [3.05, 3.63) is 64.7 Å². The minimum Gasteiger partial charge on any atom is -0.350 e. The van der Waals surface area contributed by atoms with E-state index in [1.807, 2.05) is 12.1 Å². The van der Waals surface area contributed by atoms with Crippen molar-refractivity contribution in [2.24, 2.45) is 0 Å². The van der Waals surface area contributed by atoms with Gasteiger partial charge in [0.1, 0.15) is 5.82 Å². The van der Waals surface area contributed by atoms with E-state index < -0.39 is 5.82 Å². The van der Waals surface area contributed by atoms with E-state index in [1.54, 1.807) is 18.3 Å². The van der Waals surface area contributed by atoms with Crippen molar-refractivity contribution in [1.82, 2.24) is 10.3 Å². The minimum absolute atomic E-state index is 0.0180. The van der Waals surface area contributed by atoms with Crippen molar-refractivity contribution in [3.63, 3.8) is 0 Å². The molecule has 3 nitrogen and oxygen atoms in total. The Morgan fingerprint density at radius 1 is 1.32 bits per heavy atom. The second-order valence-corrected chi connectivity index (χ2v) is 4.45. The number of nitrogens with zero attached hydrogens (tertiary/aromatic N) is 1. The molecule has 0 aliphatic carbocycles. The average Bonchev–Trinajstić information content (AvgIpc) is 2.41. The zero-order chi connectivity index (χ0) is 13.7. The molecule has 98 valence electrons. The Balaban J connectivity index is 1.91. The summed E-state index contributed by atoms with van der Waals surface area (Å²) >= 11 is 5.65. The maximum absolute atomic E-state index is 13.5. The van der Waals surface area contributed by atoms with Gasteiger partial charge in [-0.25, -0.2) is 4.39 Å². The van der Waals surface area contributed by atoms with E-state index >= 15 is 0 Å². The summed E-state index contributed by atoms with van der Waals surface area (Å²) in [6, 6.07) is 9.72. The molecule has 19 heavy (non-hydrogen) atoms. The topological polar surface area (TPSA) is 42.0 Å². The van der Waals surface area contributed by atoms with E-state index in [9.17, 15) is 9.18 Å². The quantitative estimate of drug-likeness (QED) is 0.934. The van der Waals surface area contributed by atoms with Crippen LogP contribution in [0.4, 0.5) is 4.39 Å². The molecule has 0 aliphatic rings. The number of carbonyl (C=O) groups is 1. The Morgan fingerprint density at radius 2 is 2.16 bits per heavy atom. The van der Waals surface area contributed by atoms with Gasteiger partial charge in [-0.3, -0.25) is 9.78 Å². The van der Waals surface area contributed by atoms with Crippen LogP contribution in [0.5, 0.6) is 0 Å². The van der Waals surface area contributed by atoms with Crippen molar-refractivity contribution in [1.29, 1.82) is 0 Å². The Morgan fingerprint density at radius 3 is 2.84 bits per heavy atom. The molecule has 0 spiro atoms. The molecule has 0 aliphatic heterocycles. The SMILES string of the molecule is O=C(Cc1ccc(Cl)cc1F)NCc1ccccn1. The summed E-state index contributed by atoms with van der Waals surface area (Å²) in [4.78, 5) is 15.8. The second kappa shape index (κ2) is 6.29. The number of carbonyl (C=O) groups excluding carboxylic acids is 1. The molecular formula is C14H12ClFN2O. The van der Waals surface area contributed by atoms with Gasteiger partial charge in [0.2, 0.25) is 5.91 Å². The van der Waals surface area contributed by atoms with Crippen LogP contribution in [0.1, 0.15) is 11.3 Å². The van der Waals surface area contributed by atoms with Crippen molar-refractivity contribution < 1.29 is 9.18 Å². The largest absolute Gasteiger partial charge is 0.350 e. The molecule has 0 saturated heterocycles. The monoisotopic (exact) mass is 278 g/mol. The number of aromatic nitrogens is 1. The van der Waals surface area contributed by atoms with E-state index in [0.29, 0.717) is 17.1 Å². The number of benzene rings is 1. The number of rotatable bonds is 4. The normalized spacial score (nSPS) is 10.2. The summed E-state index contributed by atoms with van der Waals surface area (Å²) < 4.78 is 13.5. The van der Waals surface area contributed by atoms with Crippen molar-refractivity contribution in [3.8, 4) is 0 Å². The summed E-state index contributed by atoms with van der Waals surface area (Å²) in [6.45, 7) is 0.328. The molecule has 0 unspecified atom stereocenters. The lowest BCUT2D eigenvalue weighted by Crippen LogP contribution is -2.25. The molecule has 5 heteroatoms. The third-order valence-corrected chi connectivity index (χ3v) is 2.79. The zero-order valence-corrected chi connectivity index (χ0v) is 10.8. The van der Waals surface area contributed by atoms with Gasteiger partial charge in [0.15, 0.2) is 0 Å². The highest BCUT2D eigenvalue weighted by Gasteiger charge is 2.08. The van der Waals surface area contributed by atoms with Gasteiger partial charge in [0.05, 0.1) is 18.7 Å². The van der Waals surface area contributed by atoms with Crippen LogP contribution in [0.2, 0.25) is 5.02 Å². The number of hydrogen-bond donors (Lipinski definition) is 1. The van der Waals surface area contributed by atoms with Gasteiger partial charge in [-0.2, -0.15) is 0 Å². The molecule has 2 rings (SSSR count). The molecule has 1 aromatic heterocycles. The molecule has 0 fully saturated rings. The van der Waals surface area contributed by atoms with E-state index in [2.05, 4.69) is 10.3 Å². The summed E-state index contributed by atoms with van der Waals surface area (Å²) in [5.41, 5.74) is 1.08. The van der Waals surface area contributed by atoms with Crippen LogP contribution in [0.25, 0.3) is 0 Å². The third-order valence-electron chi connectivity index (χ3n) is 2.56. The van der Waals surface area contributed by atoms with Gasteiger partial charge in [0.25, 0.3) is 0 Å². The molecule has 1 amide bonds. The van der Waals surface area contributed by atoms with Gasteiger partial charge >= 0.3 is 0 Å². The number of halogens is 2. The van der Waals surface area contributed by atoms with Crippen molar-refractivity contribution in [2.45, 2.75) is 13.0 Å². The van der Waals surface area contributed by atoms with Crippen LogP contribution in [-0.2, 0) is 17.8 Å². The molecule has 1 aromatic carbocycles. The van der Waals surface area contributed by atoms with Gasteiger partial charge in [-0.1, -0.05) is 23.7 Å². The molecule has 2 aromatic rings. The molecule has 1 N–H and O–H groups in total. The smallest absolute Gasteiger partial charge is 0.224 e. The maximum atomic E-state index is 13.5. The second-order valence-electron chi connectivity index (χ2n) is 4.01. The van der Waals surface area contributed by atoms with E-state index in [1.165, 1.54) is 12.1 Å². The highest BCUT2D eigenvalue weighted by Crippen LogP contribution is 2.14. The molecule has 1 heterocycles. The van der Waals surface area contributed by atoms with E-state index in [4.69, 9.17) is 11.6 Å². The molecule has 0 bridgehead atoms. The lowest BCUT2D eigenvalue weighted by molar-refractivity contribution is -0.120. The fourth-order valence-electron chi connectivity index (χ4n) is 1.59. The van der Waals surface area contributed by atoms with Gasteiger partial charge < -0.3 is 5.32 Å². The van der Waals surface area contributed by atoms with Crippen LogP contribution in [0.15, 0.2) is 42.6 Å². The first-order chi connectivity index (χ1) is 9.15. The van der Waals surface area contributed by atoms with Gasteiger partial charge in [0, 0.05) is 11.2 Å². The van der Waals surface area contributed by atoms with Crippen molar-refractivity contribution in [2.75, 3.05) is 0 Å². The first kappa shape index (κ1) is 13.5. The first-order valence-corrected chi connectivity index (χ1v) is 6.13. The van der Waals surface area contributed by atoms with Crippen LogP contribution < -0.4 is 5.32 Å². The van der Waals surface area contributed by atoms with E-state index in [-0.39, 0.29) is 12.3 Å². The first-order valence-electron chi connectivity index (χ1n) is 5.75. The predicted octanol–water partition coefficient (Wildman–Crippen LogP) is 2.73. The standard InChI is InChI=1S/C14H12ClFN2O/c15-11-5-4-10(13(16)8-11)7-14(19)18-9-12-3-1-2-6-17-12/h1-6,8H,7,9H2,(H,18,19). The van der Waals surface area contributed by atoms with Crippen LogP contribution >= 0.6 is 11.6 Å². The zero-order valence-electron chi connectivity index (χ0n) is 10.1.